The van der Waals surface area contributed by atoms with Crippen molar-refractivity contribution >= 4 is 21.6 Å². The first-order valence-corrected chi connectivity index (χ1v) is 33.6. The van der Waals surface area contributed by atoms with E-state index in [2.05, 4.69) is 102 Å². The fourth-order valence-electron chi connectivity index (χ4n) is 18.4. The zero-order chi connectivity index (χ0) is 56.4. The molecule has 82 heavy (non-hydrogen) atoms. The maximum absolute atomic E-state index is 12.9. The minimum absolute atomic E-state index is 0.0229. The maximum atomic E-state index is 12.9. The van der Waals surface area contributed by atoms with Gasteiger partial charge in [-0.1, -0.05) is 113 Å². The van der Waals surface area contributed by atoms with E-state index in [1.54, 1.807) is 21.6 Å². The summed E-state index contributed by atoms with van der Waals surface area (Å²) in [6, 6.07) is 28.1. The first-order valence-electron chi connectivity index (χ1n) is 31.1. The van der Waals surface area contributed by atoms with Crippen LogP contribution in [0.2, 0.25) is 0 Å². The summed E-state index contributed by atoms with van der Waals surface area (Å²) in [5, 5.41) is 89.1. The van der Waals surface area contributed by atoms with Gasteiger partial charge in [0.05, 0.1) is 30.5 Å². The number of nitrogens with one attached hydrogen (secondary N) is 2. The van der Waals surface area contributed by atoms with Crippen molar-refractivity contribution in [3.05, 3.63) is 153 Å². The van der Waals surface area contributed by atoms with E-state index in [9.17, 15) is 35.7 Å². The van der Waals surface area contributed by atoms with Crippen molar-refractivity contribution in [2.24, 2.45) is 64.4 Å². The van der Waals surface area contributed by atoms with Gasteiger partial charge in [-0.2, -0.15) is 0 Å². The van der Waals surface area contributed by atoms with Crippen LogP contribution in [-0.2, 0) is 12.8 Å². The van der Waals surface area contributed by atoms with Crippen LogP contribution in [0.5, 0.6) is 11.5 Å². The number of hydrogen-bond acceptors (Lipinski definition) is 12. The second-order valence-corrected chi connectivity index (χ2v) is 28.8. The lowest BCUT2D eigenvalue weighted by atomic mass is 9.42. The second-order valence-electron chi connectivity index (χ2n) is 26.3. The van der Waals surface area contributed by atoms with E-state index in [0.29, 0.717) is 92.5 Å². The number of rotatable bonds is 7. The van der Waals surface area contributed by atoms with Crippen molar-refractivity contribution < 1.29 is 40.5 Å². The predicted octanol–water partition coefficient (Wildman–Crippen LogP) is 10.1. The Morgan fingerprint density at radius 3 is 2.40 bits per heavy atom. The molecular weight excluding hydrogens is 1060 g/mol. The smallest absolute Gasteiger partial charge is 0.161 e. The van der Waals surface area contributed by atoms with Crippen LogP contribution in [-0.4, -0.2) is 102 Å². The molecule has 436 valence electrons. The van der Waals surface area contributed by atoms with E-state index in [4.69, 9.17) is 10.5 Å². The van der Waals surface area contributed by atoms with Gasteiger partial charge in [0.15, 0.2) is 11.5 Å². The van der Waals surface area contributed by atoms with Gasteiger partial charge < -0.3 is 56.5 Å². The summed E-state index contributed by atoms with van der Waals surface area (Å²) in [4.78, 5) is 3.39. The third-order valence-corrected chi connectivity index (χ3v) is 24.5. The Labute approximate surface area is 492 Å². The molecular formula is C69H85N3O8S2. The van der Waals surface area contributed by atoms with Crippen molar-refractivity contribution in [2.75, 3.05) is 24.7 Å². The summed E-state index contributed by atoms with van der Waals surface area (Å²) in [6.45, 7) is 2.54. The van der Waals surface area contributed by atoms with Crippen LogP contribution in [0.1, 0.15) is 141 Å². The average Bonchev–Trinajstić information content (AvgIpc) is 4.04. The molecule has 3 saturated carbocycles. The predicted molar refractivity (Wildman–Crippen MR) is 325 cm³/mol. The first kappa shape index (κ1) is 56.5. The molecule has 2 aliphatic heterocycles. The largest absolute Gasteiger partial charge is 0.504 e. The zero-order valence-electron chi connectivity index (χ0n) is 47.4. The number of allylic oxidation sites excluding steroid dienone is 3. The lowest BCUT2D eigenvalue weighted by Crippen LogP contribution is -2.58. The van der Waals surface area contributed by atoms with Gasteiger partial charge in [-0.05, 0) is 195 Å². The number of phenols is 1. The summed E-state index contributed by atoms with van der Waals surface area (Å²) in [7, 11) is 3.26. The van der Waals surface area contributed by atoms with Gasteiger partial charge in [0.2, 0.25) is 0 Å². The Bertz CT molecular complexity index is 3100. The average molecular weight is 1150 g/mol. The molecule has 11 nitrogen and oxygen atoms in total. The number of dihydropyridines is 1. The molecule has 8 aliphatic carbocycles. The van der Waals surface area contributed by atoms with E-state index >= 15 is 0 Å². The van der Waals surface area contributed by atoms with Crippen LogP contribution in [0.25, 0.3) is 0 Å². The van der Waals surface area contributed by atoms with Crippen molar-refractivity contribution in [1.29, 1.82) is 0 Å². The normalized spacial score (nSPS) is 38.9. The van der Waals surface area contributed by atoms with Crippen LogP contribution in [0, 0.1) is 70.5 Å². The molecule has 2 bridgehead atoms. The van der Waals surface area contributed by atoms with E-state index in [-0.39, 0.29) is 53.6 Å². The molecule has 3 heterocycles. The van der Waals surface area contributed by atoms with Gasteiger partial charge in [0.1, 0.15) is 11.9 Å². The van der Waals surface area contributed by atoms with E-state index < -0.39 is 59.8 Å². The number of hydrogen-bond donors (Lipinski definition) is 10. The summed E-state index contributed by atoms with van der Waals surface area (Å²) in [5.74, 6) is 9.76. The number of benzene rings is 3. The topological polar surface area (TPSA) is 205 Å². The third-order valence-electron chi connectivity index (χ3n) is 22.1. The maximum Gasteiger partial charge on any atom is 0.161 e. The first-order chi connectivity index (χ1) is 39.9. The van der Waals surface area contributed by atoms with Crippen molar-refractivity contribution in [3.8, 4) is 23.3 Å². The standard InChI is InChI=1S/C69H85N3O8S2/c1-2-38-25-43-29-59(77)61(80-62-30-44(27-46-11-8-23-71-46)49-21-24-72-68(70)56(49)37-82-81-36-45(35-73)67(62)79)32-53(43)54-31-60(78)63-42(28-52(38)54)20-22-69(33-47(74)16-19-57(63)75)34-55(39-9-4-3-5-10-39)65-51-17-14-40(48-12-6-7-13-50(48)51)26-41-15-18-58(76)66(69)64(41)65/h3-13,21,23,28-29,32,38,40-42,44-45,47,51,54-55,57-58,60,62-67,71-79H,2,14-19,24-27,30-31,33-37,70H2,1H3/t38-,40+,41+,42+,44+,45+,47+,51+,54+,55-,57+,58-,60-,62-,63-,64+,65-,66+,67-,69+/m1/s1. The highest BCUT2D eigenvalue weighted by Crippen LogP contribution is 2.68. The lowest BCUT2D eigenvalue weighted by Gasteiger charge is -2.62. The molecule has 20 atom stereocenters. The number of phenolic OH excluding ortho intramolecular Hbond substituents is 1. The molecule has 1 saturated heterocycles. The summed E-state index contributed by atoms with van der Waals surface area (Å²) < 4.78 is 7.01. The number of aliphatic hydroxyl groups excluding tert-OH is 6. The zero-order valence-corrected chi connectivity index (χ0v) is 49.0. The van der Waals surface area contributed by atoms with E-state index in [1.165, 1.54) is 28.7 Å². The Hall–Kier alpha value is -4.62. The number of aromatic hydroxyl groups is 1. The summed E-state index contributed by atoms with van der Waals surface area (Å²) >= 11 is 0. The molecule has 11 N–H and O–H groups in total. The number of aromatic nitrogens is 1. The second kappa shape index (κ2) is 23.7. The molecule has 0 unspecified atom stereocenters. The number of H-pyrrole nitrogens is 1. The van der Waals surface area contributed by atoms with Crippen LogP contribution in [0.15, 0.2) is 120 Å². The van der Waals surface area contributed by atoms with Gasteiger partial charge in [-0.25, -0.2) is 0 Å². The number of nitrogens with two attached hydrogens (primary N) is 1. The van der Waals surface area contributed by atoms with Gasteiger partial charge in [0, 0.05) is 77.1 Å². The minimum atomic E-state index is -1.08. The fraction of sp³-hybridized carbons (Fsp3) is 0.565. The lowest BCUT2D eigenvalue weighted by molar-refractivity contribution is -0.133. The highest BCUT2D eigenvalue weighted by Gasteiger charge is 2.62. The molecule has 4 fully saturated rings. The molecule has 14 rings (SSSR count). The molecule has 0 radical (unpaired) electrons. The number of aliphatic hydroxyl groups is 6. The Balaban J connectivity index is 0.893. The molecule has 1 aromatic heterocycles. The number of ether oxygens (including phenoxy) is 1. The van der Waals surface area contributed by atoms with Crippen LogP contribution in [0.4, 0.5) is 0 Å². The summed E-state index contributed by atoms with van der Waals surface area (Å²) in [6.07, 6.45) is 11.1. The Kier molecular flexibility index (Phi) is 16.3. The van der Waals surface area contributed by atoms with Crippen LogP contribution in [0.3, 0.4) is 0 Å². The molecule has 13 heteroatoms. The Morgan fingerprint density at radius 2 is 1.60 bits per heavy atom. The number of aromatic amines is 1. The van der Waals surface area contributed by atoms with Gasteiger partial charge in [0.25, 0.3) is 0 Å². The molecule has 0 amide bonds. The minimum Gasteiger partial charge on any atom is -0.504 e. The van der Waals surface area contributed by atoms with Gasteiger partial charge in [-0.3, -0.25) is 0 Å². The molecule has 1 spiro atoms. The number of fused-ring (bicyclic) bond motifs is 7. The quantitative estimate of drug-likeness (QED) is 0.0477. The molecule has 4 aromatic rings. The highest BCUT2D eigenvalue weighted by atomic mass is 33.1. The Morgan fingerprint density at radius 1 is 0.780 bits per heavy atom. The highest BCUT2D eigenvalue weighted by molar-refractivity contribution is 8.76. The SMILES string of the molecule is CC[C@@H]1Cc2cc(O)c(O[C@@H]3C[C@H](Cc4ccc[nH]4)C4=CCNC(N)=C4CSSC[C@H](CO)[C@H]3O)cc2[C@H]2C[C@@H](O)[C@@H]3[C@@H](C#C[C@]4(C[C@@H](O)CC[C@@H]3O)C[C@H](c3ccccc3)[C@@H]3[C@@H]5[C@@H](CC[C@@H](O)[C@@H]54)C[C@@H]4CC[C@H]3c3ccccc34)C=C12. The molecule has 10 aliphatic rings. The fourth-order valence-corrected chi connectivity index (χ4v) is 20.9. The van der Waals surface area contributed by atoms with Gasteiger partial charge in [-0.15, -0.1) is 0 Å². The van der Waals surface area contributed by atoms with E-state index in [0.717, 1.165) is 66.5 Å². The molecule has 3 aromatic carbocycles. The van der Waals surface area contributed by atoms with Crippen molar-refractivity contribution in [1.82, 2.24) is 10.3 Å². The van der Waals surface area contributed by atoms with E-state index in [1.807, 2.05) is 24.4 Å². The van der Waals surface area contributed by atoms with Gasteiger partial charge >= 0.3 is 0 Å². The third kappa shape index (κ3) is 10.5. The van der Waals surface area contributed by atoms with Crippen molar-refractivity contribution in [3.63, 3.8) is 0 Å². The van der Waals surface area contributed by atoms with Crippen molar-refractivity contribution in [2.45, 2.75) is 157 Å². The van der Waals surface area contributed by atoms with Crippen LogP contribution >= 0.6 is 21.6 Å². The summed E-state index contributed by atoms with van der Waals surface area (Å²) in [5.41, 5.74) is 16.6. The monoisotopic (exact) mass is 1150 g/mol. The van der Waals surface area contributed by atoms with Crippen LogP contribution < -0.4 is 15.8 Å².